The number of amides is 1. The van der Waals surface area contributed by atoms with E-state index in [1.54, 1.807) is 0 Å². The molecule has 1 saturated carbocycles. The summed E-state index contributed by atoms with van der Waals surface area (Å²) >= 11 is 0. The van der Waals surface area contributed by atoms with Gasteiger partial charge in [0.1, 0.15) is 0 Å². The van der Waals surface area contributed by atoms with Crippen molar-refractivity contribution < 1.29 is 9.53 Å². The lowest BCUT2D eigenvalue weighted by Gasteiger charge is -2.36. The maximum Gasteiger partial charge on any atom is 0.227 e. The highest BCUT2D eigenvalue weighted by Gasteiger charge is 2.41. The maximum absolute atomic E-state index is 12.6. The van der Waals surface area contributed by atoms with Gasteiger partial charge in [-0.25, -0.2) is 0 Å². The Hall–Kier alpha value is -0.610. The topological polar surface area (TPSA) is 64.4 Å². The highest BCUT2D eigenvalue weighted by molar-refractivity contribution is 5.83. The van der Waals surface area contributed by atoms with Crippen LogP contribution in [0.3, 0.4) is 0 Å². The van der Waals surface area contributed by atoms with Crippen molar-refractivity contribution in [1.82, 2.24) is 5.32 Å². The van der Waals surface area contributed by atoms with Crippen LogP contribution in [0.25, 0.3) is 0 Å². The van der Waals surface area contributed by atoms with Gasteiger partial charge in [-0.05, 0) is 37.5 Å². The lowest BCUT2D eigenvalue weighted by atomic mass is 9.79. The third kappa shape index (κ3) is 2.95. The van der Waals surface area contributed by atoms with E-state index in [0.29, 0.717) is 31.7 Å². The molecule has 1 heterocycles. The molecule has 0 aromatic carbocycles. The van der Waals surface area contributed by atoms with Crippen molar-refractivity contribution in [2.45, 2.75) is 52.0 Å². The van der Waals surface area contributed by atoms with Crippen LogP contribution in [-0.2, 0) is 9.53 Å². The van der Waals surface area contributed by atoms with Crippen molar-refractivity contribution in [2.75, 3.05) is 19.8 Å². The molecule has 0 radical (unpaired) electrons. The molecular weight excluding hydrogens is 240 g/mol. The molecule has 2 fully saturated rings. The number of ether oxygens (including phenoxy) is 1. The normalized spacial score (nSPS) is 34.2. The minimum absolute atomic E-state index is 0.159. The molecule has 2 rings (SSSR count). The summed E-state index contributed by atoms with van der Waals surface area (Å²) in [5, 5.41) is 3.28. The summed E-state index contributed by atoms with van der Waals surface area (Å²) in [6.45, 7) is 6.25. The van der Waals surface area contributed by atoms with Gasteiger partial charge in [0.15, 0.2) is 0 Å². The van der Waals surface area contributed by atoms with Crippen LogP contribution in [0.2, 0.25) is 0 Å². The van der Waals surface area contributed by atoms with Gasteiger partial charge >= 0.3 is 0 Å². The number of nitrogens with two attached hydrogens (primary N) is 1. The molecular formula is C15H28N2O2. The standard InChI is InChI=1S/C15H28N2O2/c1-3-12-4-5-13(11(12)2)17-14(18)15(10-16)6-8-19-9-7-15/h11-13H,3-10,16H2,1-2H3,(H,17,18). The van der Waals surface area contributed by atoms with Gasteiger partial charge in [-0.1, -0.05) is 20.3 Å². The zero-order valence-electron chi connectivity index (χ0n) is 12.3. The lowest BCUT2D eigenvalue weighted by molar-refractivity contribution is -0.136. The Bertz CT molecular complexity index is 313. The second-order valence-corrected chi connectivity index (χ2v) is 6.28. The lowest BCUT2D eigenvalue weighted by Crippen LogP contribution is -2.52. The highest BCUT2D eigenvalue weighted by Crippen LogP contribution is 2.35. The molecule has 19 heavy (non-hydrogen) atoms. The van der Waals surface area contributed by atoms with Crippen molar-refractivity contribution in [1.29, 1.82) is 0 Å². The van der Waals surface area contributed by atoms with Crippen molar-refractivity contribution in [2.24, 2.45) is 23.0 Å². The van der Waals surface area contributed by atoms with E-state index in [1.807, 2.05) is 0 Å². The van der Waals surface area contributed by atoms with E-state index in [-0.39, 0.29) is 11.3 Å². The quantitative estimate of drug-likeness (QED) is 0.815. The van der Waals surface area contributed by atoms with E-state index in [4.69, 9.17) is 10.5 Å². The third-order valence-corrected chi connectivity index (χ3v) is 5.39. The van der Waals surface area contributed by atoms with E-state index in [0.717, 1.165) is 25.2 Å². The average Bonchev–Trinajstić information content (AvgIpc) is 2.80. The van der Waals surface area contributed by atoms with E-state index >= 15 is 0 Å². The Morgan fingerprint density at radius 2 is 2.05 bits per heavy atom. The Morgan fingerprint density at radius 1 is 1.37 bits per heavy atom. The summed E-state index contributed by atoms with van der Waals surface area (Å²) in [7, 11) is 0. The smallest absolute Gasteiger partial charge is 0.227 e. The van der Waals surface area contributed by atoms with Gasteiger partial charge in [-0.15, -0.1) is 0 Å². The van der Waals surface area contributed by atoms with E-state index in [9.17, 15) is 4.79 Å². The van der Waals surface area contributed by atoms with Crippen LogP contribution >= 0.6 is 0 Å². The molecule has 1 amide bonds. The summed E-state index contributed by atoms with van der Waals surface area (Å²) in [6, 6.07) is 0.337. The van der Waals surface area contributed by atoms with Crippen LogP contribution < -0.4 is 11.1 Å². The number of rotatable bonds is 4. The van der Waals surface area contributed by atoms with Crippen molar-refractivity contribution in [3.8, 4) is 0 Å². The Kier molecular flexibility index (Phi) is 4.85. The summed E-state index contributed by atoms with van der Waals surface area (Å²) in [5.41, 5.74) is 5.50. The van der Waals surface area contributed by atoms with Gasteiger partial charge in [0, 0.05) is 25.8 Å². The SMILES string of the molecule is CCC1CCC(NC(=O)C2(CN)CCOCC2)C1C. The van der Waals surface area contributed by atoms with E-state index < -0.39 is 0 Å². The summed E-state index contributed by atoms with van der Waals surface area (Å²) in [6.07, 6.45) is 5.08. The molecule has 1 saturated heterocycles. The molecule has 3 unspecified atom stereocenters. The van der Waals surface area contributed by atoms with Crippen molar-refractivity contribution in [3.63, 3.8) is 0 Å². The minimum Gasteiger partial charge on any atom is -0.381 e. The number of carbonyl (C=O) groups excluding carboxylic acids is 1. The first-order chi connectivity index (χ1) is 9.13. The van der Waals surface area contributed by atoms with Crippen LogP contribution in [0.4, 0.5) is 0 Å². The Labute approximate surface area is 116 Å². The fourth-order valence-electron chi connectivity index (χ4n) is 3.63. The fraction of sp³-hybridized carbons (Fsp3) is 0.933. The van der Waals surface area contributed by atoms with E-state index in [2.05, 4.69) is 19.2 Å². The first kappa shape index (κ1) is 14.8. The molecule has 2 aliphatic rings. The van der Waals surface area contributed by atoms with E-state index in [1.165, 1.54) is 12.8 Å². The van der Waals surface area contributed by atoms with Crippen molar-refractivity contribution >= 4 is 5.91 Å². The number of hydrogen-bond acceptors (Lipinski definition) is 3. The van der Waals surface area contributed by atoms with Crippen molar-refractivity contribution in [3.05, 3.63) is 0 Å². The monoisotopic (exact) mass is 268 g/mol. The first-order valence-corrected chi connectivity index (χ1v) is 7.71. The first-order valence-electron chi connectivity index (χ1n) is 7.71. The molecule has 0 aromatic rings. The molecule has 1 aliphatic carbocycles. The molecule has 0 bridgehead atoms. The van der Waals surface area contributed by atoms with Gasteiger partial charge in [0.05, 0.1) is 5.41 Å². The number of hydrogen-bond donors (Lipinski definition) is 2. The number of nitrogens with one attached hydrogen (secondary N) is 1. The van der Waals surface area contributed by atoms with Gasteiger partial charge in [0.2, 0.25) is 5.91 Å². The molecule has 3 atom stereocenters. The summed E-state index contributed by atoms with van der Waals surface area (Å²) in [5.74, 6) is 1.50. The second-order valence-electron chi connectivity index (χ2n) is 6.28. The zero-order chi connectivity index (χ0) is 13.9. The average molecular weight is 268 g/mol. The summed E-state index contributed by atoms with van der Waals surface area (Å²) < 4.78 is 5.37. The molecule has 0 spiro atoms. The highest BCUT2D eigenvalue weighted by atomic mass is 16.5. The summed E-state index contributed by atoms with van der Waals surface area (Å²) in [4.78, 5) is 12.6. The molecule has 0 aromatic heterocycles. The second kappa shape index (κ2) is 6.23. The minimum atomic E-state index is -0.387. The fourth-order valence-corrected chi connectivity index (χ4v) is 3.63. The molecule has 4 nitrogen and oxygen atoms in total. The van der Waals surface area contributed by atoms with Crippen LogP contribution in [0.1, 0.15) is 46.0 Å². The zero-order valence-corrected chi connectivity index (χ0v) is 12.3. The van der Waals surface area contributed by atoms with Crippen LogP contribution in [0.5, 0.6) is 0 Å². The van der Waals surface area contributed by atoms with Gasteiger partial charge < -0.3 is 15.8 Å². The maximum atomic E-state index is 12.6. The Balaban J connectivity index is 1.96. The van der Waals surface area contributed by atoms with Crippen LogP contribution in [0, 0.1) is 17.3 Å². The van der Waals surface area contributed by atoms with Gasteiger partial charge in [-0.3, -0.25) is 4.79 Å². The Morgan fingerprint density at radius 3 is 2.58 bits per heavy atom. The molecule has 4 heteroatoms. The van der Waals surface area contributed by atoms with Crippen LogP contribution in [-0.4, -0.2) is 31.7 Å². The largest absolute Gasteiger partial charge is 0.381 e. The third-order valence-electron chi connectivity index (χ3n) is 5.39. The molecule has 110 valence electrons. The van der Waals surface area contributed by atoms with Gasteiger partial charge in [0.25, 0.3) is 0 Å². The predicted molar refractivity (Wildman–Crippen MR) is 75.7 cm³/mol. The number of carbonyl (C=O) groups is 1. The van der Waals surface area contributed by atoms with Gasteiger partial charge in [-0.2, -0.15) is 0 Å². The predicted octanol–water partition coefficient (Wildman–Crippen LogP) is 1.68. The molecule has 3 N–H and O–H groups in total. The van der Waals surface area contributed by atoms with Crippen LogP contribution in [0.15, 0.2) is 0 Å². The molecule has 1 aliphatic heterocycles.